The quantitative estimate of drug-likeness (QED) is 0.704. The van der Waals surface area contributed by atoms with Crippen molar-refractivity contribution in [1.82, 2.24) is 5.32 Å². The molecular formula is C18H21BrFN. The van der Waals surface area contributed by atoms with E-state index >= 15 is 0 Å². The van der Waals surface area contributed by atoms with Crippen molar-refractivity contribution in [2.75, 3.05) is 6.54 Å². The number of nitrogens with one attached hydrogen (secondary N) is 1. The highest BCUT2D eigenvalue weighted by Crippen LogP contribution is 2.28. The topological polar surface area (TPSA) is 12.0 Å². The molecule has 0 heterocycles. The van der Waals surface area contributed by atoms with Gasteiger partial charge in [0, 0.05) is 16.1 Å². The van der Waals surface area contributed by atoms with E-state index in [2.05, 4.69) is 47.2 Å². The second kappa shape index (κ2) is 7.71. The fraction of sp³-hybridized carbons (Fsp3) is 0.333. The molecule has 2 aromatic carbocycles. The molecule has 0 aromatic heterocycles. The minimum absolute atomic E-state index is 0.193. The van der Waals surface area contributed by atoms with Gasteiger partial charge in [0.1, 0.15) is 5.82 Å². The normalized spacial score (nSPS) is 12.4. The summed E-state index contributed by atoms with van der Waals surface area (Å²) in [5.41, 5.74) is 2.79. The molecular weight excluding hydrogens is 329 g/mol. The molecule has 0 radical (unpaired) electrons. The number of hydrogen-bond acceptors (Lipinski definition) is 1. The minimum atomic E-state index is -0.193. The van der Waals surface area contributed by atoms with Crippen LogP contribution in [0.3, 0.4) is 0 Å². The molecule has 3 heteroatoms. The van der Waals surface area contributed by atoms with Gasteiger partial charge in [-0.3, -0.25) is 0 Å². The first-order valence-corrected chi connectivity index (χ1v) is 8.23. The molecule has 0 saturated carbocycles. The summed E-state index contributed by atoms with van der Waals surface area (Å²) >= 11 is 3.39. The van der Waals surface area contributed by atoms with E-state index < -0.39 is 0 Å². The van der Waals surface area contributed by atoms with Crippen molar-refractivity contribution in [2.45, 2.75) is 32.7 Å². The van der Waals surface area contributed by atoms with Crippen molar-refractivity contribution in [1.29, 1.82) is 0 Å². The van der Waals surface area contributed by atoms with Crippen LogP contribution in [-0.4, -0.2) is 6.54 Å². The Morgan fingerprint density at radius 2 is 1.81 bits per heavy atom. The molecule has 112 valence electrons. The smallest absolute Gasteiger partial charge is 0.131 e. The largest absolute Gasteiger partial charge is 0.310 e. The molecule has 0 amide bonds. The third kappa shape index (κ3) is 4.14. The van der Waals surface area contributed by atoms with Crippen LogP contribution >= 0.6 is 15.9 Å². The zero-order valence-electron chi connectivity index (χ0n) is 12.5. The molecule has 21 heavy (non-hydrogen) atoms. The average molecular weight is 350 g/mol. The highest BCUT2D eigenvalue weighted by atomic mass is 79.9. The van der Waals surface area contributed by atoms with E-state index in [1.54, 1.807) is 6.07 Å². The number of rotatable bonds is 6. The van der Waals surface area contributed by atoms with Crippen LogP contribution < -0.4 is 5.32 Å². The average Bonchev–Trinajstić information content (AvgIpc) is 2.51. The van der Waals surface area contributed by atoms with E-state index in [9.17, 15) is 4.39 Å². The Kier molecular flexibility index (Phi) is 5.95. The number of halogens is 2. The summed E-state index contributed by atoms with van der Waals surface area (Å²) in [6.07, 6.45) is 2.17. The Hall–Kier alpha value is -1.19. The van der Waals surface area contributed by atoms with Crippen LogP contribution in [-0.2, 0) is 0 Å². The van der Waals surface area contributed by atoms with E-state index in [0.29, 0.717) is 11.6 Å². The fourth-order valence-electron chi connectivity index (χ4n) is 2.43. The first-order chi connectivity index (χ1) is 10.2. The van der Waals surface area contributed by atoms with Crippen LogP contribution in [0.5, 0.6) is 0 Å². The van der Waals surface area contributed by atoms with Crippen molar-refractivity contribution in [2.24, 2.45) is 0 Å². The van der Waals surface area contributed by atoms with Crippen LogP contribution in [0.1, 0.15) is 38.3 Å². The van der Waals surface area contributed by atoms with Gasteiger partial charge in [-0.1, -0.05) is 54.0 Å². The van der Waals surface area contributed by atoms with Gasteiger partial charge in [-0.25, -0.2) is 4.39 Å². The Morgan fingerprint density at radius 3 is 2.43 bits per heavy atom. The van der Waals surface area contributed by atoms with E-state index in [-0.39, 0.29) is 5.82 Å². The molecule has 1 N–H and O–H groups in total. The van der Waals surface area contributed by atoms with Crippen LogP contribution in [0, 0.1) is 5.82 Å². The lowest BCUT2D eigenvalue weighted by molar-refractivity contribution is 0.518. The lowest BCUT2D eigenvalue weighted by atomic mass is 9.99. The molecule has 0 saturated heterocycles. The van der Waals surface area contributed by atoms with Crippen molar-refractivity contribution in [3.8, 4) is 11.1 Å². The zero-order valence-corrected chi connectivity index (χ0v) is 14.1. The molecule has 1 nitrogen and oxygen atoms in total. The second-order valence-corrected chi connectivity index (χ2v) is 6.08. The first kappa shape index (κ1) is 16.2. The summed E-state index contributed by atoms with van der Waals surface area (Å²) in [6.45, 7) is 5.36. The van der Waals surface area contributed by atoms with Gasteiger partial charge in [-0.2, -0.15) is 0 Å². The highest BCUT2D eigenvalue weighted by Gasteiger charge is 2.10. The van der Waals surface area contributed by atoms with Gasteiger partial charge in [0.15, 0.2) is 0 Å². The predicted octanol–water partition coefficient (Wildman–Crippen LogP) is 5.71. The molecule has 0 spiro atoms. The van der Waals surface area contributed by atoms with Crippen LogP contribution in [0.15, 0.2) is 46.9 Å². The Labute approximate surface area is 134 Å². The maximum Gasteiger partial charge on any atom is 0.131 e. The van der Waals surface area contributed by atoms with Gasteiger partial charge >= 0.3 is 0 Å². The standard InChI is InChI=1S/C18H21BrFN/c1-3-11-21-18(4-2)14-7-5-13(6-8-14)16-12-15(19)9-10-17(16)20/h5-10,12,18,21H,3-4,11H2,1-2H3. The molecule has 0 aliphatic rings. The Morgan fingerprint density at radius 1 is 1.10 bits per heavy atom. The maximum absolute atomic E-state index is 13.9. The molecule has 0 fully saturated rings. The van der Waals surface area contributed by atoms with Gasteiger partial charge in [0.2, 0.25) is 0 Å². The van der Waals surface area contributed by atoms with Crippen molar-refractivity contribution in [3.63, 3.8) is 0 Å². The highest BCUT2D eigenvalue weighted by molar-refractivity contribution is 9.10. The summed E-state index contributed by atoms with van der Waals surface area (Å²) in [7, 11) is 0. The molecule has 0 aliphatic heterocycles. The number of hydrogen-bond donors (Lipinski definition) is 1. The second-order valence-electron chi connectivity index (χ2n) is 5.16. The lowest BCUT2D eigenvalue weighted by Crippen LogP contribution is -2.21. The monoisotopic (exact) mass is 349 g/mol. The first-order valence-electron chi connectivity index (χ1n) is 7.44. The third-order valence-electron chi connectivity index (χ3n) is 3.60. The Bertz CT molecular complexity index is 580. The Balaban J connectivity index is 2.23. The lowest BCUT2D eigenvalue weighted by Gasteiger charge is -2.17. The van der Waals surface area contributed by atoms with Crippen LogP contribution in [0.4, 0.5) is 4.39 Å². The third-order valence-corrected chi connectivity index (χ3v) is 4.09. The summed E-state index contributed by atoms with van der Waals surface area (Å²) in [6, 6.07) is 13.6. The van der Waals surface area contributed by atoms with Gasteiger partial charge in [-0.05, 0) is 48.7 Å². The van der Waals surface area contributed by atoms with Crippen LogP contribution in [0.2, 0.25) is 0 Å². The fourth-order valence-corrected chi connectivity index (χ4v) is 2.79. The summed E-state index contributed by atoms with van der Waals surface area (Å²) in [5, 5.41) is 3.53. The number of benzene rings is 2. The predicted molar refractivity (Wildman–Crippen MR) is 90.9 cm³/mol. The van der Waals surface area contributed by atoms with Crippen LogP contribution in [0.25, 0.3) is 11.1 Å². The van der Waals surface area contributed by atoms with E-state index in [1.165, 1.54) is 11.6 Å². The minimum Gasteiger partial charge on any atom is -0.310 e. The summed E-state index contributed by atoms with van der Waals surface area (Å²) < 4.78 is 14.8. The van der Waals surface area contributed by atoms with Gasteiger partial charge in [0.25, 0.3) is 0 Å². The van der Waals surface area contributed by atoms with Gasteiger partial charge in [-0.15, -0.1) is 0 Å². The van der Waals surface area contributed by atoms with E-state index in [4.69, 9.17) is 0 Å². The van der Waals surface area contributed by atoms with Gasteiger partial charge < -0.3 is 5.32 Å². The van der Waals surface area contributed by atoms with E-state index in [0.717, 1.165) is 29.4 Å². The maximum atomic E-state index is 13.9. The van der Waals surface area contributed by atoms with Crippen molar-refractivity contribution in [3.05, 3.63) is 58.3 Å². The molecule has 2 aromatic rings. The van der Waals surface area contributed by atoms with Crippen molar-refractivity contribution >= 4 is 15.9 Å². The molecule has 1 atom stereocenters. The molecule has 0 aliphatic carbocycles. The molecule has 1 unspecified atom stereocenters. The summed E-state index contributed by atoms with van der Waals surface area (Å²) in [5.74, 6) is -0.193. The van der Waals surface area contributed by atoms with Crippen molar-refractivity contribution < 1.29 is 4.39 Å². The zero-order chi connectivity index (χ0) is 15.2. The SMILES string of the molecule is CCCNC(CC)c1ccc(-c2cc(Br)ccc2F)cc1. The van der Waals surface area contributed by atoms with Gasteiger partial charge in [0.05, 0.1) is 0 Å². The molecule has 2 rings (SSSR count). The van der Waals surface area contributed by atoms with E-state index in [1.807, 2.05) is 18.2 Å². The summed E-state index contributed by atoms with van der Waals surface area (Å²) in [4.78, 5) is 0. The molecule has 0 bridgehead atoms.